The van der Waals surface area contributed by atoms with Crippen LogP contribution in [-0.4, -0.2) is 16.1 Å². The molecule has 0 bridgehead atoms. The lowest BCUT2D eigenvalue weighted by Crippen LogP contribution is -2.42. The van der Waals surface area contributed by atoms with Gasteiger partial charge in [0.05, 0.1) is 23.8 Å². The second-order valence-electron chi connectivity index (χ2n) is 5.23. The summed E-state index contributed by atoms with van der Waals surface area (Å²) in [5.41, 5.74) is 8.19. The van der Waals surface area contributed by atoms with Gasteiger partial charge in [-0.15, -0.1) is 0 Å². The summed E-state index contributed by atoms with van der Waals surface area (Å²) < 4.78 is 2.20. The third-order valence-electron chi connectivity index (χ3n) is 3.92. The minimum atomic E-state index is -0.109. The normalized spacial score (nSPS) is 14.7. The molecule has 0 aliphatic heterocycles. The Morgan fingerprint density at radius 2 is 1.94 bits per heavy atom. The van der Waals surface area contributed by atoms with Gasteiger partial charge in [0.1, 0.15) is 0 Å². The molecule has 1 heterocycles. The first kappa shape index (κ1) is 12.8. The lowest BCUT2D eigenvalue weighted by atomic mass is 9.87. The number of rotatable bonds is 4. The molecule has 2 N–H and O–H groups in total. The predicted octanol–water partition coefficient (Wildman–Crippen LogP) is 2.88. The highest BCUT2D eigenvalue weighted by Gasteiger charge is 2.30. The highest BCUT2D eigenvalue weighted by molar-refractivity contribution is 5.59. The molecule has 0 aliphatic rings. The average molecular weight is 243 g/mol. The smallest absolute Gasteiger partial charge is 0.0956 e. The van der Waals surface area contributed by atoms with E-state index in [1.165, 1.54) is 5.56 Å². The number of hydrogen-bond donors (Lipinski definition) is 1. The van der Waals surface area contributed by atoms with Gasteiger partial charge in [0.15, 0.2) is 0 Å². The Labute approximate surface area is 109 Å². The van der Waals surface area contributed by atoms with Crippen molar-refractivity contribution in [2.24, 2.45) is 11.7 Å². The number of hydrogen-bond acceptors (Lipinski definition) is 2. The minimum absolute atomic E-state index is 0.109. The fourth-order valence-electron chi connectivity index (χ4n) is 2.14. The van der Waals surface area contributed by atoms with Crippen LogP contribution in [0.3, 0.4) is 0 Å². The molecule has 18 heavy (non-hydrogen) atoms. The van der Waals surface area contributed by atoms with Crippen LogP contribution in [0, 0.1) is 5.92 Å². The Kier molecular flexibility index (Phi) is 3.53. The van der Waals surface area contributed by atoms with Gasteiger partial charge in [0, 0.05) is 6.54 Å². The Balaban J connectivity index is 2.52. The van der Waals surface area contributed by atoms with Crippen LogP contribution in [0.5, 0.6) is 0 Å². The Hall–Kier alpha value is -1.61. The quantitative estimate of drug-likeness (QED) is 0.897. The van der Waals surface area contributed by atoms with Crippen molar-refractivity contribution in [3.05, 3.63) is 42.9 Å². The molecule has 2 rings (SSSR count). The van der Waals surface area contributed by atoms with Gasteiger partial charge >= 0.3 is 0 Å². The molecule has 1 unspecified atom stereocenters. The van der Waals surface area contributed by atoms with E-state index in [0.29, 0.717) is 12.5 Å². The van der Waals surface area contributed by atoms with Gasteiger partial charge in [-0.3, -0.25) is 0 Å². The van der Waals surface area contributed by atoms with Gasteiger partial charge < -0.3 is 10.3 Å². The summed E-state index contributed by atoms with van der Waals surface area (Å²) in [6.07, 6.45) is 3.79. The third kappa shape index (κ3) is 2.06. The molecule has 0 amide bonds. The Morgan fingerprint density at radius 3 is 2.50 bits per heavy atom. The summed E-state index contributed by atoms with van der Waals surface area (Å²) in [5.74, 6) is 0.444. The van der Waals surface area contributed by atoms with Crippen molar-refractivity contribution >= 4 is 0 Å². The molecular weight excluding hydrogens is 222 g/mol. The van der Waals surface area contributed by atoms with E-state index in [4.69, 9.17) is 5.73 Å². The largest absolute Gasteiger partial charge is 0.328 e. The van der Waals surface area contributed by atoms with Crippen LogP contribution in [0.4, 0.5) is 0 Å². The van der Waals surface area contributed by atoms with Gasteiger partial charge in [0.2, 0.25) is 0 Å². The Bertz CT molecular complexity index is 501. The summed E-state index contributed by atoms with van der Waals surface area (Å²) in [7, 11) is 0. The van der Waals surface area contributed by atoms with Crippen LogP contribution < -0.4 is 5.73 Å². The molecule has 1 aromatic heterocycles. The molecule has 0 spiro atoms. The number of aromatic nitrogens is 2. The SMILES string of the molecule is CC(C)C(C)(CN)n1cncc1-c1ccccc1. The van der Waals surface area contributed by atoms with Gasteiger partial charge in [-0.2, -0.15) is 0 Å². The molecule has 0 aliphatic carbocycles. The second-order valence-corrected chi connectivity index (χ2v) is 5.23. The first-order valence-corrected chi connectivity index (χ1v) is 6.38. The number of nitrogens with zero attached hydrogens (tertiary/aromatic N) is 2. The van der Waals surface area contributed by atoms with E-state index in [1.54, 1.807) is 0 Å². The van der Waals surface area contributed by atoms with Gasteiger partial charge in [-0.1, -0.05) is 44.2 Å². The molecule has 0 saturated carbocycles. The van der Waals surface area contributed by atoms with Gasteiger partial charge in [0.25, 0.3) is 0 Å². The summed E-state index contributed by atoms with van der Waals surface area (Å²) in [6, 6.07) is 10.3. The van der Waals surface area contributed by atoms with Crippen molar-refractivity contribution in [3.8, 4) is 11.3 Å². The zero-order valence-corrected chi connectivity index (χ0v) is 11.3. The molecule has 3 heteroatoms. The molecule has 0 fully saturated rings. The van der Waals surface area contributed by atoms with E-state index in [-0.39, 0.29) is 5.54 Å². The van der Waals surface area contributed by atoms with Crippen molar-refractivity contribution < 1.29 is 0 Å². The maximum absolute atomic E-state index is 6.00. The van der Waals surface area contributed by atoms with Gasteiger partial charge in [-0.25, -0.2) is 4.98 Å². The lowest BCUT2D eigenvalue weighted by molar-refractivity contribution is 0.233. The van der Waals surface area contributed by atoms with E-state index in [0.717, 1.165) is 5.69 Å². The van der Waals surface area contributed by atoms with Crippen LogP contribution in [0.15, 0.2) is 42.9 Å². The third-order valence-corrected chi connectivity index (χ3v) is 3.92. The van der Waals surface area contributed by atoms with Crippen LogP contribution in [0.2, 0.25) is 0 Å². The maximum Gasteiger partial charge on any atom is 0.0956 e. The first-order valence-electron chi connectivity index (χ1n) is 6.38. The molecule has 1 atom stereocenters. The lowest BCUT2D eigenvalue weighted by Gasteiger charge is -2.35. The summed E-state index contributed by atoms with van der Waals surface area (Å²) >= 11 is 0. The fraction of sp³-hybridized carbons (Fsp3) is 0.400. The molecule has 0 saturated heterocycles. The summed E-state index contributed by atoms with van der Waals surface area (Å²) in [4.78, 5) is 4.30. The monoisotopic (exact) mass is 243 g/mol. The van der Waals surface area contributed by atoms with Crippen LogP contribution in [-0.2, 0) is 5.54 Å². The van der Waals surface area contributed by atoms with E-state index in [9.17, 15) is 0 Å². The number of benzene rings is 1. The molecule has 96 valence electrons. The molecular formula is C15H21N3. The predicted molar refractivity (Wildman–Crippen MR) is 75.2 cm³/mol. The van der Waals surface area contributed by atoms with Crippen LogP contribution in [0.1, 0.15) is 20.8 Å². The number of imidazole rings is 1. The number of nitrogens with two attached hydrogens (primary N) is 1. The topological polar surface area (TPSA) is 43.8 Å². The van der Waals surface area contributed by atoms with Crippen molar-refractivity contribution in [2.45, 2.75) is 26.3 Å². The highest BCUT2D eigenvalue weighted by atomic mass is 15.1. The van der Waals surface area contributed by atoms with E-state index in [2.05, 4.69) is 42.5 Å². The van der Waals surface area contributed by atoms with Crippen LogP contribution >= 0.6 is 0 Å². The van der Waals surface area contributed by atoms with Crippen molar-refractivity contribution in [3.63, 3.8) is 0 Å². The summed E-state index contributed by atoms with van der Waals surface area (Å²) in [6.45, 7) is 7.18. The summed E-state index contributed by atoms with van der Waals surface area (Å²) in [5, 5.41) is 0. The molecule has 1 aromatic carbocycles. The van der Waals surface area contributed by atoms with Crippen molar-refractivity contribution in [1.82, 2.24) is 9.55 Å². The highest BCUT2D eigenvalue weighted by Crippen LogP contribution is 2.30. The average Bonchev–Trinajstić information content (AvgIpc) is 2.88. The standard InChI is InChI=1S/C15H21N3/c1-12(2)15(3,10-16)18-11-17-9-14(18)13-7-5-4-6-8-13/h4-9,11-12H,10,16H2,1-3H3. The van der Waals surface area contributed by atoms with E-state index in [1.807, 2.05) is 30.7 Å². The molecule has 0 radical (unpaired) electrons. The van der Waals surface area contributed by atoms with E-state index < -0.39 is 0 Å². The Morgan fingerprint density at radius 1 is 1.28 bits per heavy atom. The van der Waals surface area contributed by atoms with Crippen LogP contribution in [0.25, 0.3) is 11.3 Å². The molecule has 3 nitrogen and oxygen atoms in total. The zero-order valence-electron chi connectivity index (χ0n) is 11.3. The van der Waals surface area contributed by atoms with E-state index >= 15 is 0 Å². The second kappa shape index (κ2) is 4.94. The van der Waals surface area contributed by atoms with Crippen molar-refractivity contribution in [1.29, 1.82) is 0 Å². The molecule has 2 aromatic rings. The van der Waals surface area contributed by atoms with Crippen molar-refractivity contribution in [2.75, 3.05) is 6.54 Å². The minimum Gasteiger partial charge on any atom is -0.328 e. The zero-order chi connectivity index (χ0) is 13.2. The fourth-order valence-corrected chi connectivity index (χ4v) is 2.14. The van der Waals surface area contributed by atoms with Gasteiger partial charge in [-0.05, 0) is 18.4 Å². The maximum atomic E-state index is 6.00. The first-order chi connectivity index (χ1) is 8.59.